The molecule has 2 heterocycles. The Morgan fingerprint density at radius 3 is 2.59 bits per heavy atom. The Labute approximate surface area is 163 Å². The minimum absolute atomic E-state index is 0.00509. The van der Waals surface area contributed by atoms with Crippen LogP contribution in [0.15, 0.2) is 68.2 Å². The zero-order valence-corrected chi connectivity index (χ0v) is 16.1. The molecule has 0 fully saturated rings. The van der Waals surface area contributed by atoms with Crippen LogP contribution in [0.1, 0.15) is 15.9 Å². The lowest BCUT2D eigenvalue weighted by Crippen LogP contribution is -2.10. The zero-order valence-electron chi connectivity index (χ0n) is 13.7. The molecule has 3 aromatic rings. The van der Waals surface area contributed by atoms with E-state index < -0.39 is 10.0 Å². The van der Waals surface area contributed by atoms with Crippen LogP contribution < -0.4 is 5.32 Å². The number of anilines is 1. The van der Waals surface area contributed by atoms with Crippen molar-refractivity contribution in [2.45, 2.75) is 9.24 Å². The smallest absolute Gasteiger partial charge is 0.285 e. The molecule has 4 rings (SSSR count). The van der Waals surface area contributed by atoms with E-state index >= 15 is 0 Å². The molecule has 0 bridgehead atoms. The summed E-state index contributed by atoms with van der Waals surface area (Å²) in [4.78, 5) is 12.3. The Morgan fingerprint density at radius 1 is 1.04 bits per heavy atom. The minimum Gasteiger partial charge on any atom is -0.314 e. The number of aromatic nitrogens is 2. The highest BCUT2D eigenvalue weighted by Crippen LogP contribution is 2.30. The molecule has 0 atom stereocenters. The van der Waals surface area contributed by atoms with Gasteiger partial charge in [-0.25, -0.2) is 0 Å². The Bertz CT molecular complexity index is 1140. The lowest BCUT2D eigenvalue weighted by Gasteiger charge is -2.01. The van der Waals surface area contributed by atoms with Crippen molar-refractivity contribution in [3.05, 3.63) is 65.7 Å². The SMILES string of the molecule is O=C(CSc1nnc(NC2=NS(=O)(=O)c3ccccc32)s1)c1ccccc1. The lowest BCUT2D eigenvalue weighted by molar-refractivity contribution is 0.102. The first-order valence-electron chi connectivity index (χ1n) is 7.79. The molecule has 1 N–H and O–H groups in total. The van der Waals surface area contributed by atoms with Gasteiger partial charge in [-0.1, -0.05) is 65.6 Å². The number of rotatable bonds is 5. The summed E-state index contributed by atoms with van der Waals surface area (Å²) in [5, 5.41) is 11.4. The second kappa shape index (κ2) is 7.22. The third kappa shape index (κ3) is 3.77. The molecule has 1 aliphatic rings. The Hall–Kier alpha value is -2.56. The Balaban J connectivity index is 1.44. The summed E-state index contributed by atoms with van der Waals surface area (Å²) < 4.78 is 28.5. The van der Waals surface area contributed by atoms with Crippen LogP contribution in [0.4, 0.5) is 5.13 Å². The van der Waals surface area contributed by atoms with Crippen LogP contribution in [-0.4, -0.2) is 36.0 Å². The number of benzene rings is 2. The molecular weight excluding hydrogens is 404 g/mol. The van der Waals surface area contributed by atoms with Crippen molar-refractivity contribution in [1.82, 2.24) is 10.2 Å². The lowest BCUT2D eigenvalue weighted by atomic mass is 10.2. The van der Waals surface area contributed by atoms with Crippen LogP contribution in [0.3, 0.4) is 0 Å². The van der Waals surface area contributed by atoms with Gasteiger partial charge >= 0.3 is 0 Å². The number of sulfonamides is 1. The maximum Gasteiger partial charge on any atom is 0.285 e. The second-order valence-electron chi connectivity index (χ2n) is 5.49. The summed E-state index contributed by atoms with van der Waals surface area (Å²) in [7, 11) is -3.69. The van der Waals surface area contributed by atoms with Crippen LogP contribution in [0.5, 0.6) is 0 Å². The largest absolute Gasteiger partial charge is 0.314 e. The van der Waals surface area contributed by atoms with E-state index in [1.54, 1.807) is 30.3 Å². The Kier molecular flexibility index (Phi) is 4.77. The number of amidine groups is 1. The number of carbonyl (C=O) groups excluding carboxylic acids is 1. The van der Waals surface area contributed by atoms with Crippen LogP contribution >= 0.6 is 23.1 Å². The highest BCUT2D eigenvalue weighted by molar-refractivity contribution is 8.01. The van der Waals surface area contributed by atoms with Gasteiger partial charge in [0.15, 0.2) is 16.0 Å². The van der Waals surface area contributed by atoms with Gasteiger partial charge in [0, 0.05) is 11.1 Å². The van der Waals surface area contributed by atoms with Gasteiger partial charge < -0.3 is 5.32 Å². The first-order chi connectivity index (χ1) is 13.0. The number of fused-ring (bicyclic) bond motifs is 1. The third-order valence-electron chi connectivity index (χ3n) is 3.69. The average molecular weight is 417 g/mol. The normalized spacial score (nSPS) is 14.4. The van der Waals surface area contributed by atoms with E-state index in [2.05, 4.69) is 19.9 Å². The molecule has 0 spiro atoms. The topological polar surface area (TPSA) is 101 Å². The molecule has 0 aliphatic carbocycles. The number of thioether (sulfide) groups is 1. The molecule has 1 aliphatic heterocycles. The fraction of sp³-hybridized carbons (Fsp3) is 0.0588. The van der Waals surface area contributed by atoms with E-state index in [1.807, 2.05) is 18.2 Å². The summed E-state index contributed by atoms with van der Waals surface area (Å²) >= 11 is 2.52. The molecule has 1 aromatic heterocycles. The van der Waals surface area contributed by atoms with Crippen molar-refractivity contribution >= 4 is 49.9 Å². The van der Waals surface area contributed by atoms with Crippen LogP contribution in [0.25, 0.3) is 0 Å². The number of hydrogen-bond donors (Lipinski definition) is 1. The van der Waals surface area contributed by atoms with Crippen molar-refractivity contribution in [1.29, 1.82) is 0 Å². The maximum absolute atomic E-state index is 12.1. The van der Waals surface area contributed by atoms with Crippen molar-refractivity contribution < 1.29 is 13.2 Å². The van der Waals surface area contributed by atoms with Gasteiger partial charge in [0.2, 0.25) is 5.13 Å². The monoisotopic (exact) mass is 416 g/mol. The molecule has 0 unspecified atom stereocenters. The molecule has 27 heavy (non-hydrogen) atoms. The number of carbonyl (C=O) groups is 1. The van der Waals surface area contributed by atoms with E-state index in [1.165, 1.54) is 29.2 Å². The van der Waals surface area contributed by atoms with E-state index in [9.17, 15) is 13.2 Å². The van der Waals surface area contributed by atoms with Gasteiger partial charge in [0.25, 0.3) is 10.0 Å². The van der Waals surface area contributed by atoms with Crippen LogP contribution in [-0.2, 0) is 10.0 Å². The predicted octanol–water partition coefficient (Wildman–Crippen LogP) is 3.07. The van der Waals surface area contributed by atoms with Gasteiger partial charge in [0.1, 0.15) is 4.90 Å². The second-order valence-corrected chi connectivity index (χ2v) is 9.26. The third-order valence-corrected chi connectivity index (χ3v) is 6.99. The summed E-state index contributed by atoms with van der Waals surface area (Å²) in [6, 6.07) is 15.6. The summed E-state index contributed by atoms with van der Waals surface area (Å²) in [6.45, 7) is 0. The van der Waals surface area contributed by atoms with Gasteiger partial charge in [-0.05, 0) is 12.1 Å². The zero-order chi connectivity index (χ0) is 18.9. The molecule has 0 saturated carbocycles. The summed E-state index contributed by atoms with van der Waals surface area (Å²) in [5.41, 5.74) is 1.15. The molecule has 7 nitrogen and oxygen atoms in total. The van der Waals surface area contributed by atoms with Gasteiger partial charge in [0.05, 0.1) is 5.75 Å². The van der Waals surface area contributed by atoms with Crippen LogP contribution in [0.2, 0.25) is 0 Å². The molecule has 0 radical (unpaired) electrons. The number of Topliss-reactive ketones (excluding diaryl/α,β-unsaturated/α-hetero) is 1. The molecule has 0 amide bonds. The fourth-order valence-electron chi connectivity index (χ4n) is 2.45. The van der Waals surface area contributed by atoms with E-state index in [0.717, 1.165) is 0 Å². The minimum atomic E-state index is -3.69. The summed E-state index contributed by atoms with van der Waals surface area (Å²) in [5.74, 6) is 0.473. The van der Waals surface area contributed by atoms with E-state index in [0.29, 0.717) is 20.6 Å². The summed E-state index contributed by atoms with van der Waals surface area (Å²) in [6.07, 6.45) is 0. The average Bonchev–Trinajstić information content (AvgIpc) is 3.23. The molecular formula is C17H12N4O3S3. The number of nitrogens with zero attached hydrogens (tertiary/aromatic N) is 3. The predicted molar refractivity (Wildman–Crippen MR) is 105 cm³/mol. The molecule has 2 aromatic carbocycles. The molecule has 10 heteroatoms. The first kappa shape index (κ1) is 17.8. The standard InChI is InChI=1S/C17H12N4O3S3/c22-13(11-6-2-1-3-7-11)10-25-17-20-19-16(26-17)18-15-12-8-4-5-9-14(12)27(23,24)21-15/h1-9H,10H2,(H,18,19,21). The van der Waals surface area contributed by atoms with Crippen molar-refractivity contribution in [2.75, 3.05) is 11.1 Å². The molecule has 136 valence electrons. The van der Waals surface area contributed by atoms with Crippen molar-refractivity contribution in [2.24, 2.45) is 4.40 Å². The number of hydrogen-bond acceptors (Lipinski definition) is 8. The van der Waals surface area contributed by atoms with E-state index in [-0.39, 0.29) is 22.3 Å². The fourth-order valence-corrected chi connectivity index (χ4v) is 5.27. The number of ketones is 1. The number of nitrogens with one attached hydrogen (secondary N) is 1. The highest BCUT2D eigenvalue weighted by atomic mass is 32.2. The van der Waals surface area contributed by atoms with Gasteiger partial charge in [-0.15, -0.1) is 14.6 Å². The van der Waals surface area contributed by atoms with Crippen molar-refractivity contribution in [3.8, 4) is 0 Å². The van der Waals surface area contributed by atoms with E-state index in [4.69, 9.17) is 0 Å². The van der Waals surface area contributed by atoms with Crippen molar-refractivity contribution in [3.63, 3.8) is 0 Å². The Morgan fingerprint density at radius 2 is 1.78 bits per heavy atom. The quantitative estimate of drug-likeness (QED) is 0.504. The molecule has 0 saturated heterocycles. The first-order valence-corrected chi connectivity index (χ1v) is 11.0. The maximum atomic E-state index is 12.1. The van der Waals surface area contributed by atoms with Gasteiger partial charge in [-0.3, -0.25) is 4.79 Å². The highest BCUT2D eigenvalue weighted by Gasteiger charge is 2.29. The van der Waals surface area contributed by atoms with Crippen LogP contribution in [0, 0.1) is 0 Å². The van der Waals surface area contributed by atoms with Gasteiger partial charge in [-0.2, -0.15) is 8.42 Å².